The molecule has 1 atom stereocenters. The highest BCUT2D eigenvalue weighted by Gasteiger charge is 2.06. The molecule has 0 bridgehead atoms. The number of hydrogen-bond donors (Lipinski definition) is 1. The Labute approximate surface area is 119 Å². The highest BCUT2D eigenvalue weighted by molar-refractivity contribution is 7.84. The second-order valence-corrected chi connectivity index (χ2v) is 6.05. The Morgan fingerprint density at radius 3 is 2.53 bits per heavy atom. The fraction of sp³-hybridized carbons (Fsp3) is 0.500. The van der Waals surface area contributed by atoms with Crippen molar-refractivity contribution >= 4 is 16.4 Å². The van der Waals surface area contributed by atoms with Crippen LogP contribution >= 0.6 is 0 Å². The molecule has 19 heavy (non-hydrogen) atoms. The highest BCUT2D eigenvalue weighted by Crippen LogP contribution is 2.21. The Morgan fingerprint density at radius 2 is 2.00 bits per heavy atom. The standard InChI is InChI=1S/C12H15NOS.C4H10/c1-15(14)12-4-2-3-11(9-12)10-5-7-13-8-6-10;1-3-4-2/h2-5,9,13H,6-8H2,1H3;3-4H2,1-2H3. The van der Waals surface area contributed by atoms with Gasteiger partial charge in [-0.05, 0) is 36.2 Å². The first-order valence-electron chi connectivity index (χ1n) is 7.02. The summed E-state index contributed by atoms with van der Waals surface area (Å²) in [5, 5.41) is 3.29. The van der Waals surface area contributed by atoms with Crippen molar-refractivity contribution in [2.45, 2.75) is 38.0 Å². The second-order valence-electron chi connectivity index (χ2n) is 4.67. The van der Waals surface area contributed by atoms with Crippen LogP contribution in [0.15, 0.2) is 35.2 Å². The van der Waals surface area contributed by atoms with Crippen LogP contribution in [-0.4, -0.2) is 23.6 Å². The molecule has 1 aromatic rings. The van der Waals surface area contributed by atoms with Crippen molar-refractivity contribution in [3.8, 4) is 0 Å². The molecule has 1 aliphatic heterocycles. The fourth-order valence-corrected chi connectivity index (χ4v) is 2.32. The van der Waals surface area contributed by atoms with Gasteiger partial charge in [-0.25, -0.2) is 0 Å². The molecule has 0 saturated carbocycles. The molecule has 1 aliphatic rings. The fourth-order valence-electron chi connectivity index (χ4n) is 1.76. The Morgan fingerprint density at radius 1 is 1.26 bits per heavy atom. The van der Waals surface area contributed by atoms with E-state index in [0.717, 1.165) is 24.4 Å². The molecule has 0 radical (unpaired) electrons. The Balaban J connectivity index is 0.000000399. The lowest BCUT2D eigenvalue weighted by Gasteiger charge is -2.14. The number of nitrogens with one attached hydrogen (secondary N) is 1. The van der Waals surface area contributed by atoms with Crippen LogP contribution in [0.4, 0.5) is 0 Å². The summed E-state index contributed by atoms with van der Waals surface area (Å²) < 4.78 is 11.4. The van der Waals surface area contributed by atoms with Gasteiger partial charge in [0, 0.05) is 28.5 Å². The van der Waals surface area contributed by atoms with Crippen molar-refractivity contribution in [3.63, 3.8) is 0 Å². The summed E-state index contributed by atoms with van der Waals surface area (Å²) in [4.78, 5) is 0.909. The lowest BCUT2D eigenvalue weighted by molar-refractivity contribution is 0.686. The van der Waals surface area contributed by atoms with Crippen LogP contribution in [0.5, 0.6) is 0 Å². The predicted octanol–water partition coefficient (Wildman–Crippen LogP) is 3.61. The van der Waals surface area contributed by atoms with Crippen LogP contribution < -0.4 is 5.32 Å². The molecule has 0 aromatic heterocycles. The van der Waals surface area contributed by atoms with Crippen LogP contribution in [0.1, 0.15) is 38.7 Å². The molecule has 106 valence electrons. The van der Waals surface area contributed by atoms with Crippen LogP contribution in [0, 0.1) is 0 Å². The number of benzene rings is 1. The Bertz CT molecular complexity index is 438. The van der Waals surface area contributed by atoms with E-state index in [4.69, 9.17) is 0 Å². The van der Waals surface area contributed by atoms with Gasteiger partial charge in [0.1, 0.15) is 0 Å². The summed E-state index contributed by atoms with van der Waals surface area (Å²) in [5.74, 6) is 0. The molecule has 0 fully saturated rings. The van der Waals surface area contributed by atoms with Crippen LogP contribution in [0.3, 0.4) is 0 Å². The second kappa shape index (κ2) is 9.05. The molecule has 1 heterocycles. The zero-order valence-electron chi connectivity index (χ0n) is 12.2. The summed E-state index contributed by atoms with van der Waals surface area (Å²) in [5.41, 5.74) is 2.57. The average molecular weight is 279 g/mol. The Hall–Kier alpha value is -0.930. The lowest BCUT2D eigenvalue weighted by atomic mass is 10.0. The molecule has 2 nitrogen and oxygen atoms in total. The van der Waals surface area contributed by atoms with Crippen molar-refractivity contribution in [2.75, 3.05) is 19.3 Å². The topological polar surface area (TPSA) is 29.1 Å². The maximum Gasteiger partial charge on any atom is 0.0498 e. The predicted molar refractivity (Wildman–Crippen MR) is 84.8 cm³/mol. The number of hydrogen-bond acceptors (Lipinski definition) is 2. The maximum atomic E-state index is 11.4. The third-order valence-corrected chi connectivity index (χ3v) is 4.02. The smallest absolute Gasteiger partial charge is 0.0498 e. The van der Waals surface area contributed by atoms with Crippen molar-refractivity contribution in [2.24, 2.45) is 0 Å². The first-order valence-corrected chi connectivity index (χ1v) is 8.58. The molecule has 0 saturated heterocycles. The van der Waals surface area contributed by atoms with Gasteiger partial charge in [0.25, 0.3) is 0 Å². The van der Waals surface area contributed by atoms with Crippen molar-refractivity contribution in [3.05, 3.63) is 35.9 Å². The minimum Gasteiger partial charge on any atom is -0.313 e. The van der Waals surface area contributed by atoms with Gasteiger partial charge in [-0.15, -0.1) is 0 Å². The van der Waals surface area contributed by atoms with Crippen LogP contribution in [0.2, 0.25) is 0 Å². The van der Waals surface area contributed by atoms with Gasteiger partial charge < -0.3 is 5.32 Å². The highest BCUT2D eigenvalue weighted by atomic mass is 32.2. The van der Waals surface area contributed by atoms with E-state index in [1.807, 2.05) is 18.2 Å². The first kappa shape index (κ1) is 16.1. The van der Waals surface area contributed by atoms with E-state index in [-0.39, 0.29) is 0 Å². The zero-order valence-corrected chi connectivity index (χ0v) is 13.1. The monoisotopic (exact) mass is 279 g/mol. The molecule has 1 aromatic carbocycles. The van der Waals surface area contributed by atoms with E-state index < -0.39 is 10.8 Å². The molecule has 2 rings (SSSR count). The molecular weight excluding hydrogens is 254 g/mol. The largest absolute Gasteiger partial charge is 0.313 e. The Kier molecular flexibility index (Phi) is 7.68. The van der Waals surface area contributed by atoms with Gasteiger partial charge >= 0.3 is 0 Å². The molecule has 1 unspecified atom stereocenters. The van der Waals surface area contributed by atoms with Crippen LogP contribution in [0.25, 0.3) is 5.57 Å². The number of unbranched alkanes of at least 4 members (excludes halogenated alkanes) is 1. The van der Waals surface area contributed by atoms with E-state index in [0.29, 0.717) is 0 Å². The van der Waals surface area contributed by atoms with Crippen molar-refractivity contribution < 1.29 is 4.21 Å². The maximum absolute atomic E-state index is 11.4. The quantitative estimate of drug-likeness (QED) is 0.916. The normalized spacial score (nSPS) is 16.1. The molecule has 0 amide bonds. The summed E-state index contributed by atoms with van der Waals surface area (Å²) in [6.07, 6.45) is 7.62. The van der Waals surface area contributed by atoms with E-state index in [2.05, 4.69) is 31.3 Å². The minimum atomic E-state index is -0.887. The van der Waals surface area contributed by atoms with Gasteiger partial charge in [0.05, 0.1) is 0 Å². The SMILES string of the molecule is CCCC.CS(=O)c1cccc(C2=CCNCC2)c1. The molecule has 0 spiro atoms. The summed E-state index contributed by atoms with van der Waals surface area (Å²) in [6.45, 7) is 6.33. The van der Waals surface area contributed by atoms with Gasteiger partial charge in [0.2, 0.25) is 0 Å². The van der Waals surface area contributed by atoms with Gasteiger partial charge in [0.15, 0.2) is 0 Å². The first-order chi connectivity index (χ1) is 9.19. The van der Waals surface area contributed by atoms with E-state index in [9.17, 15) is 4.21 Å². The molecule has 0 aliphatic carbocycles. The van der Waals surface area contributed by atoms with Crippen molar-refractivity contribution in [1.82, 2.24) is 5.32 Å². The van der Waals surface area contributed by atoms with E-state index >= 15 is 0 Å². The summed E-state index contributed by atoms with van der Waals surface area (Å²) in [6, 6.07) is 8.02. The molecule has 1 N–H and O–H groups in total. The van der Waals surface area contributed by atoms with Crippen LogP contribution in [-0.2, 0) is 10.8 Å². The summed E-state index contributed by atoms with van der Waals surface area (Å²) >= 11 is 0. The molecule has 3 heteroatoms. The van der Waals surface area contributed by atoms with Gasteiger partial charge in [-0.1, -0.05) is 44.9 Å². The molecular formula is C16H25NOS. The van der Waals surface area contributed by atoms with Crippen molar-refractivity contribution in [1.29, 1.82) is 0 Å². The van der Waals surface area contributed by atoms with Gasteiger partial charge in [-0.3, -0.25) is 4.21 Å². The van der Waals surface area contributed by atoms with E-state index in [1.165, 1.54) is 24.0 Å². The number of rotatable bonds is 3. The average Bonchev–Trinajstić information content (AvgIpc) is 2.48. The van der Waals surface area contributed by atoms with E-state index in [1.54, 1.807) is 6.26 Å². The lowest BCUT2D eigenvalue weighted by Crippen LogP contribution is -2.20. The summed E-state index contributed by atoms with van der Waals surface area (Å²) in [7, 11) is -0.887. The third kappa shape index (κ3) is 5.70. The third-order valence-electron chi connectivity index (χ3n) is 3.10. The van der Waals surface area contributed by atoms with Gasteiger partial charge in [-0.2, -0.15) is 0 Å². The minimum absolute atomic E-state index is 0.887. The zero-order chi connectivity index (χ0) is 14.1.